The SMILES string of the molecule is NCCNC(=O)C1CCCN(C(=O)C2(c3cccc(F)c3)CCCC2)C1. The molecule has 0 aromatic heterocycles. The van der Waals surface area contributed by atoms with Gasteiger partial charge in [-0.2, -0.15) is 0 Å². The van der Waals surface area contributed by atoms with Crippen molar-refractivity contribution in [2.24, 2.45) is 11.7 Å². The Labute approximate surface area is 154 Å². The first-order valence-electron chi connectivity index (χ1n) is 9.60. The Bertz CT molecular complexity index is 658. The van der Waals surface area contributed by atoms with Gasteiger partial charge in [0, 0.05) is 26.2 Å². The van der Waals surface area contributed by atoms with E-state index in [0.717, 1.165) is 44.1 Å². The number of rotatable bonds is 5. The number of hydrogen-bond donors (Lipinski definition) is 2. The minimum absolute atomic E-state index is 0.0285. The highest BCUT2D eigenvalue weighted by Gasteiger charge is 2.46. The number of carbonyl (C=O) groups excluding carboxylic acids is 2. The maximum absolute atomic E-state index is 13.8. The highest BCUT2D eigenvalue weighted by molar-refractivity contribution is 5.89. The van der Waals surface area contributed by atoms with Crippen molar-refractivity contribution in [3.8, 4) is 0 Å². The van der Waals surface area contributed by atoms with Gasteiger partial charge < -0.3 is 16.0 Å². The van der Waals surface area contributed by atoms with Crippen molar-refractivity contribution in [1.29, 1.82) is 0 Å². The van der Waals surface area contributed by atoms with Gasteiger partial charge in [0.05, 0.1) is 11.3 Å². The fourth-order valence-electron chi connectivity index (χ4n) is 4.41. The lowest BCUT2D eigenvalue weighted by atomic mass is 9.77. The normalized spacial score (nSPS) is 22.2. The number of likely N-dealkylation sites (tertiary alicyclic amines) is 1. The molecular formula is C20H28FN3O2. The minimum atomic E-state index is -0.641. The van der Waals surface area contributed by atoms with Crippen LogP contribution in [0.1, 0.15) is 44.1 Å². The number of benzene rings is 1. The molecule has 0 spiro atoms. The first-order valence-corrected chi connectivity index (χ1v) is 9.60. The van der Waals surface area contributed by atoms with E-state index in [1.807, 2.05) is 11.0 Å². The third-order valence-corrected chi connectivity index (χ3v) is 5.77. The lowest BCUT2D eigenvalue weighted by Crippen LogP contribution is -2.51. The summed E-state index contributed by atoms with van der Waals surface area (Å²) in [5.74, 6) is -0.472. The first-order chi connectivity index (χ1) is 12.6. The summed E-state index contributed by atoms with van der Waals surface area (Å²) >= 11 is 0. The number of nitrogens with one attached hydrogen (secondary N) is 1. The zero-order chi connectivity index (χ0) is 18.6. The van der Waals surface area contributed by atoms with Crippen LogP contribution in [0.25, 0.3) is 0 Å². The molecule has 26 heavy (non-hydrogen) atoms. The Morgan fingerprint density at radius 1 is 1.27 bits per heavy atom. The zero-order valence-corrected chi connectivity index (χ0v) is 15.2. The van der Waals surface area contributed by atoms with Crippen molar-refractivity contribution < 1.29 is 14.0 Å². The van der Waals surface area contributed by atoms with Crippen molar-refractivity contribution in [2.75, 3.05) is 26.2 Å². The number of amides is 2. The second-order valence-electron chi connectivity index (χ2n) is 7.47. The van der Waals surface area contributed by atoms with E-state index in [-0.39, 0.29) is 23.5 Å². The first kappa shape index (κ1) is 18.8. The van der Waals surface area contributed by atoms with E-state index >= 15 is 0 Å². The summed E-state index contributed by atoms with van der Waals surface area (Å²) in [6.07, 6.45) is 5.03. The number of carbonyl (C=O) groups is 2. The van der Waals surface area contributed by atoms with Gasteiger partial charge in [-0.05, 0) is 43.4 Å². The molecule has 2 aliphatic rings. The Kier molecular flexibility index (Phi) is 5.91. The number of piperidine rings is 1. The average Bonchev–Trinajstić information content (AvgIpc) is 3.16. The van der Waals surface area contributed by atoms with Crippen molar-refractivity contribution in [2.45, 2.75) is 43.9 Å². The molecular weight excluding hydrogens is 333 g/mol. The Morgan fingerprint density at radius 3 is 2.73 bits per heavy atom. The molecule has 142 valence electrons. The summed E-state index contributed by atoms with van der Waals surface area (Å²) in [5.41, 5.74) is 5.58. The molecule has 1 atom stereocenters. The predicted octanol–water partition coefficient (Wildman–Crippen LogP) is 1.95. The maximum atomic E-state index is 13.8. The lowest BCUT2D eigenvalue weighted by Gasteiger charge is -2.39. The van der Waals surface area contributed by atoms with Crippen LogP contribution in [-0.4, -0.2) is 42.9 Å². The number of hydrogen-bond acceptors (Lipinski definition) is 3. The highest BCUT2D eigenvalue weighted by atomic mass is 19.1. The van der Waals surface area contributed by atoms with E-state index in [1.165, 1.54) is 12.1 Å². The predicted molar refractivity (Wildman–Crippen MR) is 97.9 cm³/mol. The van der Waals surface area contributed by atoms with Crippen molar-refractivity contribution >= 4 is 11.8 Å². The van der Waals surface area contributed by atoms with Crippen LogP contribution >= 0.6 is 0 Å². The van der Waals surface area contributed by atoms with E-state index in [0.29, 0.717) is 26.2 Å². The molecule has 1 unspecified atom stereocenters. The Morgan fingerprint density at radius 2 is 2.04 bits per heavy atom. The quantitative estimate of drug-likeness (QED) is 0.842. The fourth-order valence-corrected chi connectivity index (χ4v) is 4.41. The van der Waals surface area contributed by atoms with Crippen LogP contribution in [0.5, 0.6) is 0 Å². The van der Waals surface area contributed by atoms with Gasteiger partial charge in [-0.1, -0.05) is 25.0 Å². The summed E-state index contributed by atoms with van der Waals surface area (Å²) in [7, 11) is 0. The second-order valence-corrected chi connectivity index (χ2v) is 7.47. The van der Waals surface area contributed by atoms with Crippen molar-refractivity contribution in [3.63, 3.8) is 0 Å². The summed E-state index contributed by atoms with van der Waals surface area (Å²) in [6, 6.07) is 6.45. The van der Waals surface area contributed by atoms with Gasteiger partial charge in [-0.15, -0.1) is 0 Å². The Balaban J connectivity index is 1.78. The average molecular weight is 361 g/mol. The highest BCUT2D eigenvalue weighted by Crippen LogP contribution is 2.43. The van der Waals surface area contributed by atoms with Crippen LogP contribution in [0.2, 0.25) is 0 Å². The molecule has 1 saturated carbocycles. The molecule has 1 saturated heterocycles. The Hall–Kier alpha value is -1.95. The van der Waals surface area contributed by atoms with Gasteiger partial charge in [0.1, 0.15) is 5.82 Å². The van der Waals surface area contributed by atoms with Crippen LogP contribution in [0, 0.1) is 11.7 Å². The van der Waals surface area contributed by atoms with Gasteiger partial charge >= 0.3 is 0 Å². The van der Waals surface area contributed by atoms with Crippen LogP contribution in [-0.2, 0) is 15.0 Å². The summed E-state index contributed by atoms with van der Waals surface area (Å²) < 4.78 is 13.8. The summed E-state index contributed by atoms with van der Waals surface area (Å²) in [6.45, 7) is 1.96. The molecule has 6 heteroatoms. The molecule has 2 fully saturated rings. The third kappa shape index (κ3) is 3.75. The van der Waals surface area contributed by atoms with Gasteiger partial charge in [0.15, 0.2) is 0 Å². The number of nitrogens with zero attached hydrogens (tertiary/aromatic N) is 1. The maximum Gasteiger partial charge on any atom is 0.233 e. The number of halogens is 1. The topological polar surface area (TPSA) is 75.4 Å². The third-order valence-electron chi connectivity index (χ3n) is 5.77. The molecule has 3 N–H and O–H groups in total. The largest absolute Gasteiger partial charge is 0.355 e. The van der Waals surface area contributed by atoms with E-state index in [9.17, 15) is 14.0 Å². The second kappa shape index (κ2) is 8.16. The summed E-state index contributed by atoms with van der Waals surface area (Å²) in [4.78, 5) is 27.6. The van der Waals surface area contributed by atoms with E-state index in [1.54, 1.807) is 6.07 Å². The molecule has 1 aliphatic carbocycles. The van der Waals surface area contributed by atoms with E-state index < -0.39 is 5.41 Å². The molecule has 5 nitrogen and oxygen atoms in total. The molecule has 1 aromatic rings. The lowest BCUT2D eigenvalue weighted by molar-refractivity contribution is -0.141. The monoisotopic (exact) mass is 361 g/mol. The molecule has 3 rings (SSSR count). The van der Waals surface area contributed by atoms with Gasteiger partial charge in [0.2, 0.25) is 11.8 Å². The van der Waals surface area contributed by atoms with Crippen molar-refractivity contribution in [1.82, 2.24) is 10.2 Å². The molecule has 0 radical (unpaired) electrons. The van der Waals surface area contributed by atoms with E-state index in [4.69, 9.17) is 5.73 Å². The summed E-state index contributed by atoms with van der Waals surface area (Å²) in [5, 5.41) is 2.83. The van der Waals surface area contributed by atoms with Crippen LogP contribution in [0.3, 0.4) is 0 Å². The van der Waals surface area contributed by atoms with Gasteiger partial charge in [-0.25, -0.2) is 4.39 Å². The van der Waals surface area contributed by atoms with Gasteiger partial charge in [0.25, 0.3) is 0 Å². The van der Waals surface area contributed by atoms with Gasteiger partial charge in [-0.3, -0.25) is 9.59 Å². The van der Waals surface area contributed by atoms with Crippen LogP contribution < -0.4 is 11.1 Å². The smallest absolute Gasteiger partial charge is 0.233 e. The van der Waals surface area contributed by atoms with Crippen molar-refractivity contribution in [3.05, 3.63) is 35.6 Å². The molecule has 2 amide bonds. The molecule has 0 bridgehead atoms. The minimum Gasteiger partial charge on any atom is -0.355 e. The van der Waals surface area contributed by atoms with Crippen LogP contribution in [0.15, 0.2) is 24.3 Å². The molecule has 1 heterocycles. The molecule has 1 aliphatic heterocycles. The zero-order valence-electron chi connectivity index (χ0n) is 15.2. The fraction of sp³-hybridized carbons (Fsp3) is 0.600. The standard InChI is InChI=1S/C20H28FN3O2/c21-17-7-3-6-16(13-17)20(8-1-2-9-20)19(26)24-12-4-5-15(14-24)18(25)23-11-10-22/h3,6-7,13,15H,1-2,4-5,8-12,14,22H2,(H,23,25). The molecule has 1 aromatic carbocycles. The van der Waals surface area contributed by atoms with E-state index in [2.05, 4.69) is 5.32 Å². The van der Waals surface area contributed by atoms with Crippen LogP contribution in [0.4, 0.5) is 4.39 Å². The number of nitrogens with two attached hydrogens (primary N) is 1.